The Hall–Kier alpha value is -4.26. The first kappa shape index (κ1) is 23.9. The summed E-state index contributed by atoms with van der Waals surface area (Å²) in [6.45, 7) is 5.33. The maximum atomic E-state index is 13.5. The summed E-state index contributed by atoms with van der Waals surface area (Å²) in [4.78, 5) is 24.5. The molecule has 0 unspecified atom stereocenters. The Morgan fingerprint density at radius 1 is 0.971 bits per heavy atom. The molecular weight excluding hydrogens is 445 g/mol. The molecule has 0 atom stereocenters. The van der Waals surface area contributed by atoms with E-state index >= 15 is 0 Å². The molecule has 4 rings (SSSR count). The molecule has 1 amide bonds. The van der Waals surface area contributed by atoms with Gasteiger partial charge in [-0.3, -0.25) is 9.59 Å². The largest absolute Gasteiger partial charge is 0.407 e. The molecule has 0 aliphatic carbocycles. The zero-order valence-corrected chi connectivity index (χ0v) is 19.8. The number of hydrogen-bond donors (Lipinski definition) is 1. The quantitative estimate of drug-likeness (QED) is 0.330. The van der Waals surface area contributed by atoms with Crippen LogP contribution in [-0.2, 0) is 11.2 Å². The number of benzene rings is 3. The molecule has 0 bridgehead atoms. The molecule has 0 saturated heterocycles. The lowest BCUT2D eigenvalue weighted by Crippen LogP contribution is -2.11. The van der Waals surface area contributed by atoms with E-state index in [2.05, 4.69) is 5.32 Å². The van der Waals surface area contributed by atoms with Crippen LogP contribution in [-0.4, -0.2) is 21.7 Å². The highest BCUT2D eigenvalue weighted by Crippen LogP contribution is 2.37. The summed E-state index contributed by atoms with van der Waals surface area (Å²) in [5.41, 5.74) is 5.09. The molecule has 178 valence electrons. The van der Waals surface area contributed by atoms with Crippen LogP contribution < -0.4 is 10.1 Å². The van der Waals surface area contributed by atoms with Gasteiger partial charge in [0.2, 0.25) is 5.88 Å². The van der Waals surface area contributed by atoms with Crippen molar-refractivity contribution in [2.45, 2.75) is 33.6 Å². The number of nitrogens with one attached hydrogen (secondary N) is 1. The molecule has 1 heterocycles. The molecule has 0 aliphatic rings. The van der Waals surface area contributed by atoms with E-state index in [0.717, 1.165) is 23.2 Å². The third kappa shape index (κ3) is 5.46. The normalized spacial score (nSPS) is 10.7. The lowest BCUT2D eigenvalue weighted by Gasteiger charge is -2.10. The SMILES string of the molecule is CCCc1nn(-c2ccc(F)cc2)c(OC(C)=O)c1-c1ccc(NC(=O)c2ccc(C)cc2)cc1. The fourth-order valence-electron chi connectivity index (χ4n) is 3.76. The number of nitrogens with zero attached hydrogens (tertiary/aromatic N) is 2. The molecule has 4 aromatic rings. The number of rotatable bonds is 7. The molecule has 0 fully saturated rings. The first-order valence-corrected chi connectivity index (χ1v) is 11.4. The van der Waals surface area contributed by atoms with Crippen LogP contribution in [0.25, 0.3) is 16.8 Å². The Balaban J connectivity index is 1.70. The zero-order chi connectivity index (χ0) is 24.9. The summed E-state index contributed by atoms with van der Waals surface area (Å²) in [6.07, 6.45) is 1.49. The molecular formula is C28H26FN3O3. The lowest BCUT2D eigenvalue weighted by atomic mass is 10.0. The summed E-state index contributed by atoms with van der Waals surface area (Å²) >= 11 is 0. The highest BCUT2D eigenvalue weighted by Gasteiger charge is 2.23. The van der Waals surface area contributed by atoms with Gasteiger partial charge in [0.25, 0.3) is 5.91 Å². The Bertz CT molecular complexity index is 1340. The van der Waals surface area contributed by atoms with Crippen LogP contribution in [0.3, 0.4) is 0 Å². The number of esters is 1. The molecule has 0 radical (unpaired) electrons. The number of amides is 1. The zero-order valence-electron chi connectivity index (χ0n) is 19.8. The van der Waals surface area contributed by atoms with Gasteiger partial charge in [-0.1, -0.05) is 43.2 Å². The third-order valence-corrected chi connectivity index (χ3v) is 5.46. The summed E-state index contributed by atoms with van der Waals surface area (Å²) in [5.74, 6) is -0.787. The monoisotopic (exact) mass is 471 g/mol. The topological polar surface area (TPSA) is 73.2 Å². The minimum absolute atomic E-state index is 0.200. The highest BCUT2D eigenvalue weighted by molar-refractivity contribution is 6.04. The molecule has 1 N–H and O–H groups in total. The van der Waals surface area contributed by atoms with Gasteiger partial charge < -0.3 is 10.1 Å². The molecule has 1 aromatic heterocycles. The van der Waals surface area contributed by atoms with Gasteiger partial charge in [0, 0.05) is 18.2 Å². The third-order valence-electron chi connectivity index (χ3n) is 5.46. The maximum absolute atomic E-state index is 13.5. The number of carbonyl (C=O) groups is 2. The lowest BCUT2D eigenvalue weighted by molar-refractivity contribution is -0.132. The predicted molar refractivity (Wildman–Crippen MR) is 133 cm³/mol. The smallest absolute Gasteiger partial charge is 0.309 e. The average molecular weight is 472 g/mol. The van der Waals surface area contributed by atoms with Gasteiger partial charge in [-0.05, 0) is 67.4 Å². The standard InChI is InChI=1S/C28H26FN3O3/c1-4-5-25-26(28(35-19(3)33)32(31-25)24-16-12-22(29)13-17-24)20-10-14-23(15-11-20)30-27(34)21-8-6-18(2)7-9-21/h6-17H,4-5H2,1-3H3,(H,30,34). The number of carbonyl (C=O) groups excluding carboxylic acids is 2. The van der Waals surface area contributed by atoms with Crippen LogP contribution in [0.5, 0.6) is 5.88 Å². The van der Waals surface area contributed by atoms with Crippen molar-refractivity contribution in [3.05, 3.63) is 95.4 Å². The minimum atomic E-state index is -0.487. The molecule has 7 heteroatoms. The van der Waals surface area contributed by atoms with Gasteiger partial charge in [0.15, 0.2) is 0 Å². The van der Waals surface area contributed by atoms with Crippen molar-refractivity contribution in [1.29, 1.82) is 0 Å². The van der Waals surface area contributed by atoms with Crippen LogP contribution >= 0.6 is 0 Å². The summed E-state index contributed by atoms with van der Waals surface area (Å²) < 4.78 is 20.6. The first-order chi connectivity index (χ1) is 16.9. The number of aromatic nitrogens is 2. The van der Waals surface area contributed by atoms with Gasteiger partial charge >= 0.3 is 5.97 Å². The number of anilines is 1. The maximum Gasteiger partial charge on any atom is 0.309 e. The molecule has 35 heavy (non-hydrogen) atoms. The van der Waals surface area contributed by atoms with Crippen LogP contribution in [0.2, 0.25) is 0 Å². The van der Waals surface area contributed by atoms with E-state index in [0.29, 0.717) is 28.9 Å². The molecule has 0 spiro atoms. The number of aryl methyl sites for hydroxylation is 2. The number of halogens is 1. The number of ether oxygens (including phenoxy) is 1. The Kier molecular flexibility index (Phi) is 7.06. The van der Waals surface area contributed by atoms with Crippen molar-refractivity contribution in [3.8, 4) is 22.7 Å². The van der Waals surface area contributed by atoms with Gasteiger partial charge in [-0.25, -0.2) is 4.39 Å². The van der Waals surface area contributed by atoms with Gasteiger partial charge in [0.05, 0.1) is 16.9 Å². The predicted octanol–water partition coefficient (Wildman–Crippen LogP) is 6.12. The van der Waals surface area contributed by atoms with Crippen LogP contribution in [0, 0.1) is 12.7 Å². The summed E-state index contributed by atoms with van der Waals surface area (Å²) in [5, 5.41) is 7.59. The fourth-order valence-corrected chi connectivity index (χ4v) is 3.76. The van der Waals surface area contributed by atoms with E-state index in [1.165, 1.54) is 23.7 Å². The number of hydrogen-bond acceptors (Lipinski definition) is 4. The van der Waals surface area contributed by atoms with Crippen molar-refractivity contribution < 1.29 is 18.7 Å². The van der Waals surface area contributed by atoms with Gasteiger partial charge in [0.1, 0.15) is 5.82 Å². The van der Waals surface area contributed by atoms with E-state index in [1.54, 1.807) is 36.4 Å². The molecule has 3 aromatic carbocycles. The van der Waals surface area contributed by atoms with Crippen LogP contribution in [0.15, 0.2) is 72.8 Å². The van der Waals surface area contributed by atoms with Crippen molar-refractivity contribution >= 4 is 17.6 Å². The molecule has 0 saturated carbocycles. The van der Waals surface area contributed by atoms with Crippen molar-refractivity contribution in [2.24, 2.45) is 0 Å². The second kappa shape index (κ2) is 10.3. The van der Waals surface area contributed by atoms with Crippen molar-refractivity contribution in [3.63, 3.8) is 0 Å². The van der Waals surface area contributed by atoms with E-state index in [-0.39, 0.29) is 17.6 Å². The highest BCUT2D eigenvalue weighted by atomic mass is 19.1. The Morgan fingerprint density at radius 2 is 1.63 bits per heavy atom. The summed E-state index contributed by atoms with van der Waals surface area (Å²) in [6, 6.07) is 20.5. The van der Waals surface area contributed by atoms with Gasteiger partial charge in [-0.15, -0.1) is 0 Å². The molecule has 6 nitrogen and oxygen atoms in total. The molecule has 0 aliphatic heterocycles. The average Bonchev–Trinajstić information content (AvgIpc) is 3.17. The first-order valence-electron chi connectivity index (χ1n) is 11.4. The fraction of sp³-hybridized carbons (Fsp3) is 0.179. The van der Waals surface area contributed by atoms with Crippen LogP contribution in [0.4, 0.5) is 10.1 Å². The van der Waals surface area contributed by atoms with Crippen LogP contribution in [0.1, 0.15) is 41.9 Å². The van der Waals surface area contributed by atoms with Crippen molar-refractivity contribution in [2.75, 3.05) is 5.32 Å². The van der Waals surface area contributed by atoms with Crippen molar-refractivity contribution in [1.82, 2.24) is 9.78 Å². The Morgan fingerprint density at radius 3 is 2.23 bits per heavy atom. The van der Waals surface area contributed by atoms with E-state index < -0.39 is 5.97 Å². The Labute approximate surface area is 203 Å². The second-order valence-corrected chi connectivity index (χ2v) is 8.26. The minimum Gasteiger partial charge on any atom is -0.407 e. The second-order valence-electron chi connectivity index (χ2n) is 8.26. The van der Waals surface area contributed by atoms with E-state index in [4.69, 9.17) is 9.84 Å². The van der Waals surface area contributed by atoms with Gasteiger partial charge in [-0.2, -0.15) is 9.78 Å². The summed E-state index contributed by atoms with van der Waals surface area (Å²) in [7, 11) is 0. The van der Waals surface area contributed by atoms with E-state index in [9.17, 15) is 14.0 Å². The van der Waals surface area contributed by atoms with E-state index in [1.807, 2.05) is 38.1 Å².